The van der Waals surface area contributed by atoms with E-state index in [2.05, 4.69) is 240 Å². The fourth-order valence-corrected chi connectivity index (χ4v) is 9.28. The van der Waals surface area contributed by atoms with Gasteiger partial charge >= 0.3 is 0 Å². The maximum Gasteiger partial charge on any atom is 0.235 e. The van der Waals surface area contributed by atoms with Gasteiger partial charge in [0.05, 0.1) is 33.5 Å². The minimum absolute atomic E-state index is 0.614. The summed E-state index contributed by atoms with van der Waals surface area (Å²) >= 11 is 0. The Balaban J connectivity index is 1.15. The van der Waals surface area contributed by atoms with Gasteiger partial charge in [-0.25, -0.2) is 9.97 Å². The number of para-hydroxylation sites is 3. The molecule has 0 radical (unpaired) electrons. The maximum absolute atomic E-state index is 5.54. The van der Waals surface area contributed by atoms with Gasteiger partial charge in [0.1, 0.15) is 0 Å². The van der Waals surface area contributed by atoms with E-state index in [1.54, 1.807) is 0 Å². The molecule has 0 unspecified atom stereocenters. The molecule has 12 rings (SSSR count). The SMILES string of the molecule is c1ccc(-c2cccc(-c3ccc(-c4cc(-c5ccccc5)nc(-n5c6ccccc6c6c(-c7ccccc7)cc7c8ccccc8n(-c8ccccc8)c7c65)n4)cc3)c2)cc1. The van der Waals surface area contributed by atoms with Crippen LogP contribution in [0.25, 0.3) is 111 Å². The molecule has 290 valence electrons. The van der Waals surface area contributed by atoms with Crippen LogP contribution >= 0.6 is 0 Å². The third-order valence-corrected chi connectivity index (χ3v) is 12.1. The van der Waals surface area contributed by atoms with E-state index >= 15 is 0 Å². The number of nitrogens with zero attached hydrogens (tertiary/aromatic N) is 4. The molecule has 12 aromatic rings. The Kier molecular flexibility index (Phi) is 8.46. The Labute approximate surface area is 359 Å². The average molecular weight is 791 g/mol. The monoisotopic (exact) mass is 790 g/mol. The molecule has 0 saturated heterocycles. The molecule has 0 aliphatic rings. The zero-order chi connectivity index (χ0) is 41.0. The van der Waals surface area contributed by atoms with Gasteiger partial charge in [-0.15, -0.1) is 0 Å². The lowest BCUT2D eigenvalue weighted by atomic mass is 9.96. The summed E-state index contributed by atoms with van der Waals surface area (Å²) in [6.45, 7) is 0. The first-order valence-corrected chi connectivity index (χ1v) is 21.1. The van der Waals surface area contributed by atoms with Crippen molar-refractivity contribution in [2.75, 3.05) is 0 Å². The van der Waals surface area contributed by atoms with Crippen LogP contribution in [0.4, 0.5) is 0 Å². The van der Waals surface area contributed by atoms with Gasteiger partial charge in [-0.1, -0.05) is 188 Å². The summed E-state index contributed by atoms with van der Waals surface area (Å²) in [6, 6.07) is 82.0. The van der Waals surface area contributed by atoms with E-state index in [4.69, 9.17) is 9.97 Å². The van der Waals surface area contributed by atoms with Gasteiger partial charge in [0.15, 0.2) is 0 Å². The van der Waals surface area contributed by atoms with Crippen molar-refractivity contribution in [3.8, 4) is 67.5 Å². The van der Waals surface area contributed by atoms with E-state index < -0.39 is 0 Å². The van der Waals surface area contributed by atoms with Gasteiger partial charge in [-0.3, -0.25) is 4.57 Å². The van der Waals surface area contributed by atoms with Gasteiger partial charge in [-0.2, -0.15) is 0 Å². The third kappa shape index (κ3) is 5.92. The number of aromatic nitrogens is 4. The normalized spacial score (nSPS) is 11.5. The first-order chi connectivity index (χ1) is 30.8. The molecule has 0 amide bonds. The first kappa shape index (κ1) is 35.6. The van der Waals surface area contributed by atoms with Crippen LogP contribution in [0.15, 0.2) is 231 Å². The van der Waals surface area contributed by atoms with Crippen LogP contribution in [0.1, 0.15) is 0 Å². The molecule has 0 saturated carbocycles. The fraction of sp³-hybridized carbons (Fsp3) is 0. The van der Waals surface area contributed by atoms with Crippen molar-refractivity contribution in [3.63, 3.8) is 0 Å². The molecule has 0 bridgehead atoms. The lowest BCUT2D eigenvalue weighted by Crippen LogP contribution is -2.05. The number of benzene rings is 9. The highest BCUT2D eigenvalue weighted by molar-refractivity contribution is 6.28. The molecular weight excluding hydrogens is 753 g/mol. The van der Waals surface area contributed by atoms with Gasteiger partial charge < -0.3 is 4.57 Å². The van der Waals surface area contributed by atoms with Crippen LogP contribution in [-0.4, -0.2) is 19.1 Å². The van der Waals surface area contributed by atoms with E-state index in [1.165, 1.54) is 33.0 Å². The minimum atomic E-state index is 0.614. The molecular formula is C58H38N4. The fourth-order valence-electron chi connectivity index (χ4n) is 9.28. The van der Waals surface area contributed by atoms with Crippen LogP contribution in [0, 0.1) is 0 Å². The number of hydrogen-bond donors (Lipinski definition) is 0. The van der Waals surface area contributed by atoms with Crippen molar-refractivity contribution >= 4 is 43.6 Å². The second-order valence-corrected chi connectivity index (χ2v) is 15.8. The molecule has 0 N–H and O–H groups in total. The van der Waals surface area contributed by atoms with Crippen LogP contribution in [0.3, 0.4) is 0 Å². The summed E-state index contributed by atoms with van der Waals surface area (Å²) in [6.07, 6.45) is 0. The number of hydrogen-bond acceptors (Lipinski definition) is 2. The van der Waals surface area contributed by atoms with Crippen LogP contribution < -0.4 is 0 Å². The number of fused-ring (bicyclic) bond motifs is 7. The molecule has 4 heteroatoms. The van der Waals surface area contributed by atoms with Crippen molar-refractivity contribution in [2.45, 2.75) is 0 Å². The quantitative estimate of drug-likeness (QED) is 0.161. The Bertz CT molecular complexity index is 3590. The Hall–Kier alpha value is -8.34. The second-order valence-electron chi connectivity index (χ2n) is 15.8. The van der Waals surface area contributed by atoms with Gasteiger partial charge in [0.2, 0.25) is 5.95 Å². The van der Waals surface area contributed by atoms with Gasteiger partial charge in [-0.05, 0) is 75.8 Å². The third-order valence-electron chi connectivity index (χ3n) is 12.1. The van der Waals surface area contributed by atoms with Crippen molar-refractivity contribution in [2.24, 2.45) is 0 Å². The lowest BCUT2D eigenvalue weighted by molar-refractivity contribution is 0.995. The maximum atomic E-state index is 5.54. The standard InChI is InChI=1S/C58H38N4/c1-5-18-39(19-6-1)44-24-17-25-45(36-44)40-32-34-43(35-33-40)52-38-51(42-22-9-3-10-23-42)59-58(60-52)62-54-31-16-14-29-48(54)55-49(41-20-7-2-8-21-41)37-50-47-28-13-15-30-53(47)61(56(50)57(55)62)46-26-11-4-12-27-46/h1-38H. The van der Waals surface area contributed by atoms with Gasteiger partial charge in [0, 0.05) is 38.4 Å². The lowest BCUT2D eigenvalue weighted by Gasteiger charge is -2.15. The van der Waals surface area contributed by atoms with E-state index in [0.29, 0.717) is 5.95 Å². The largest absolute Gasteiger partial charge is 0.307 e. The Morgan fingerprint density at radius 3 is 1.40 bits per heavy atom. The summed E-state index contributed by atoms with van der Waals surface area (Å²) in [5.41, 5.74) is 16.3. The van der Waals surface area contributed by atoms with E-state index in [0.717, 1.165) is 72.2 Å². The van der Waals surface area contributed by atoms with E-state index in [9.17, 15) is 0 Å². The van der Waals surface area contributed by atoms with Crippen molar-refractivity contribution < 1.29 is 0 Å². The van der Waals surface area contributed by atoms with Crippen molar-refractivity contribution in [1.29, 1.82) is 0 Å². The highest BCUT2D eigenvalue weighted by atomic mass is 15.2. The molecule has 0 aliphatic heterocycles. The van der Waals surface area contributed by atoms with E-state index in [-0.39, 0.29) is 0 Å². The summed E-state index contributed by atoms with van der Waals surface area (Å²) in [5, 5.41) is 4.67. The minimum Gasteiger partial charge on any atom is -0.307 e. The molecule has 3 heterocycles. The summed E-state index contributed by atoms with van der Waals surface area (Å²) < 4.78 is 4.74. The van der Waals surface area contributed by atoms with Crippen molar-refractivity contribution in [1.82, 2.24) is 19.1 Å². The summed E-state index contributed by atoms with van der Waals surface area (Å²) in [7, 11) is 0. The predicted molar refractivity (Wildman–Crippen MR) is 258 cm³/mol. The summed E-state index contributed by atoms with van der Waals surface area (Å²) in [4.78, 5) is 11.0. The second kappa shape index (κ2) is 14.7. The molecule has 3 aromatic heterocycles. The molecule has 9 aromatic carbocycles. The average Bonchev–Trinajstić information content (AvgIpc) is 3.88. The van der Waals surface area contributed by atoms with Crippen LogP contribution in [0.5, 0.6) is 0 Å². The molecule has 62 heavy (non-hydrogen) atoms. The van der Waals surface area contributed by atoms with E-state index in [1.807, 2.05) is 0 Å². The Morgan fingerprint density at radius 1 is 0.290 bits per heavy atom. The molecule has 4 nitrogen and oxygen atoms in total. The molecule has 0 spiro atoms. The first-order valence-electron chi connectivity index (χ1n) is 21.1. The summed E-state index contributed by atoms with van der Waals surface area (Å²) in [5.74, 6) is 0.614. The van der Waals surface area contributed by atoms with Crippen LogP contribution in [0.2, 0.25) is 0 Å². The highest BCUT2D eigenvalue weighted by Crippen LogP contribution is 2.46. The predicted octanol–water partition coefficient (Wildman–Crippen LogP) is 15.0. The highest BCUT2D eigenvalue weighted by Gasteiger charge is 2.26. The zero-order valence-corrected chi connectivity index (χ0v) is 33.7. The molecule has 0 aliphatic carbocycles. The number of rotatable bonds is 7. The topological polar surface area (TPSA) is 35.6 Å². The smallest absolute Gasteiger partial charge is 0.235 e. The zero-order valence-electron chi connectivity index (χ0n) is 33.7. The molecule has 0 fully saturated rings. The van der Waals surface area contributed by atoms with Crippen molar-refractivity contribution in [3.05, 3.63) is 231 Å². The Morgan fingerprint density at radius 2 is 0.758 bits per heavy atom. The molecule has 0 atom stereocenters. The van der Waals surface area contributed by atoms with Crippen LogP contribution in [-0.2, 0) is 0 Å². The van der Waals surface area contributed by atoms with Gasteiger partial charge in [0.25, 0.3) is 0 Å².